The van der Waals surface area contributed by atoms with Crippen molar-refractivity contribution in [3.8, 4) is 17.2 Å². The van der Waals surface area contributed by atoms with Gasteiger partial charge in [0.25, 0.3) is 5.91 Å². The topological polar surface area (TPSA) is 108 Å². The number of nitrogens with two attached hydrogens (primary N) is 1. The van der Waals surface area contributed by atoms with Crippen LogP contribution in [0, 0.1) is 11.3 Å². The molecule has 3 aromatic rings. The molecule has 0 atom stereocenters. The second kappa shape index (κ2) is 8.52. The van der Waals surface area contributed by atoms with E-state index in [1.54, 1.807) is 48.5 Å². The number of urea groups is 1. The number of anilines is 1. The van der Waals surface area contributed by atoms with E-state index in [4.69, 9.17) is 5.73 Å². The summed E-state index contributed by atoms with van der Waals surface area (Å²) < 4.78 is 0. The summed E-state index contributed by atoms with van der Waals surface area (Å²) in [5.74, 6) is -0.234. The number of hydrogen-bond donors (Lipinski definition) is 3. The van der Waals surface area contributed by atoms with Gasteiger partial charge in [-0.15, -0.1) is 0 Å². The van der Waals surface area contributed by atoms with Crippen molar-refractivity contribution in [3.63, 3.8) is 0 Å². The van der Waals surface area contributed by atoms with Crippen LogP contribution in [0.2, 0.25) is 0 Å². The fraction of sp³-hybridized carbons (Fsp3) is 0.0455. The quantitative estimate of drug-likeness (QED) is 0.638. The number of nitrogens with one attached hydrogen (secondary N) is 2. The minimum absolute atomic E-state index is 0.234. The Bertz CT molecular complexity index is 1050. The second-order valence-electron chi connectivity index (χ2n) is 6.07. The van der Waals surface area contributed by atoms with Crippen molar-refractivity contribution in [1.29, 1.82) is 5.26 Å². The van der Waals surface area contributed by atoms with E-state index in [0.717, 1.165) is 11.1 Å². The smallest absolute Gasteiger partial charge is 0.316 e. The van der Waals surface area contributed by atoms with Crippen LogP contribution < -0.4 is 16.4 Å². The highest BCUT2D eigenvalue weighted by Gasteiger charge is 2.14. The molecule has 3 amide bonds. The molecule has 0 aliphatic rings. The van der Waals surface area contributed by atoms with Crippen LogP contribution in [0.4, 0.5) is 10.5 Å². The van der Waals surface area contributed by atoms with Crippen LogP contribution in [0.3, 0.4) is 0 Å². The summed E-state index contributed by atoms with van der Waals surface area (Å²) in [7, 11) is 0. The van der Waals surface area contributed by atoms with Gasteiger partial charge in [0.1, 0.15) is 0 Å². The lowest BCUT2D eigenvalue weighted by Gasteiger charge is -2.12. The van der Waals surface area contributed by atoms with Crippen LogP contribution in [0.15, 0.2) is 72.8 Å². The fourth-order valence-electron chi connectivity index (χ4n) is 2.86. The summed E-state index contributed by atoms with van der Waals surface area (Å²) in [4.78, 5) is 23.6. The average molecular weight is 370 g/mol. The van der Waals surface area contributed by atoms with E-state index in [1.807, 2.05) is 24.3 Å². The number of hydrogen-bond acceptors (Lipinski definition) is 3. The lowest BCUT2D eigenvalue weighted by atomic mass is 9.95. The van der Waals surface area contributed by atoms with Gasteiger partial charge in [0.15, 0.2) is 0 Å². The Morgan fingerprint density at radius 1 is 0.893 bits per heavy atom. The van der Waals surface area contributed by atoms with Gasteiger partial charge in [-0.05, 0) is 35.4 Å². The Kier molecular flexibility index (Phi) is 5.68. The van der Waals surface area contributed by atoms with E-state index in [2.05, 4.69) is 16.7 Å². The second-order valence-corrected chi connectivity index (χ2v) is 6.07. The molecule has 0 spiro atoms. The highest BCUT2D eigenvalue weighted by Crippen LogP contribution is 2.26. The standard InChI is InChI=1S/C22H18N4O2/c23-13-16-5-1-2-6-18(16)19-7-3-4-8-20(19)21(27)25-14-15-9-11-17(12-10-15)26-22(24)28/h1-12H,14H2,(H,25,27)(H3,24,26,28). The fourth-order valence-corrected chi connectivity index (χ4v) is 2.86. The van der Waals surface area contributed by atoms with Gasteiger partial charge in [0, 0.05) is 23.4 Å². The SMILES string of the molecule is N#Cc1ccccc1-c1ccccc1C(=O)NCc1ccc(NC(N)=O)cc1. The number of primary amides is 1. The molecule has 6 heteroatoms. The first kappa shape index (κ1) is 18.7. The van der Waals surface area contributed by atoms with E-state index < -0.39 is 6.03 Å². The van der Waals surface area contributed by atoms with Crippen molar-refractivity contribution in [2.24, 2.45) is 5.73 Å². The van der Waals surface area contributed by atoms with Gasteiger partial charge in [-0.25, -0.2) is 4.79 Å². The predicted molar refractivity (Wildman–Crippen MR) is 107 cm³/mol. The molecule has 0 fully saturated rings. The summed E-state index contributed by atoms with van der Waals surface area (Å²) in [6.45, 7) is 0.323. The van der Waals surface area contributed by atoms with Gasteiger partial charge in [0.05, 0.1) is 11.6 Å². The number of carbonyl (C=O) groups excluding carboxylic acids is 2. The third-order valence-corrected chi connectivity index (χ3v) is 4.18. The lowest BCUT2D eigenvalue weighted by molar-refractivity contribution is 0.0951. The van der Waals surface area contributed by atoms with Crippen molar-refractivity contribution in [2.45, 2.75) is 6.54 Å². The number of rotatable bonds is 5. The number of benzene rings is 3. The van der Waals surface area contributed by atoms with Crippen LogP contribution >= 0.6 is 0 Å². The zero-order valence-corrected chi connectivity index (χ0v) is 15.0. The molecule has 3 rings (SSSR count). The summed E-state index contributed by atoms with van der Waals surface area (Å²) in [5.41, 5.74) is 8.98. The van der Waals surface area contributed by atoms with Crippen molar-refractivity contribution in [2.75, 3.05) is 5.32 Å². The van der Waals surface area contributed by atoms with Crippen molar-refractivity contribution in [1.82, 2.24) is 5.32 Å². The average Bonchev–Trinajstić information content (AvgIpc) is 2.72. The third-order valence-electron chi connectivity index (χ3n) is 4.18. The lowest BCUT2D eigenvalue weighted by Crippen LogP contribution is -2.23. The summed E-state index contributed by atoms with van der Waals surface area (Å²) >= 11 is 0. The predicted octanol–water partition coefficient (Wildman–Crippen LogP) is 3.65. The molecule has 4 N–H and O–H groups in total. The molecule has 6 nitrogen and oxygen atoms in total. The summed E-state index contributed by atoms with van der Waals surface area (Å²) in [6, 6.07) is 22.9. The molecule has 0 aromatic heterocycles. The normalized spacial score (nSPS) is 9.96. The highest BCUT2D eigenvalue weighted by molar-refractivity contribution is 6.01. The van der Waals surface area contributed by atoms with Crippen molar-refractivity contribution >= 4 is 17.6 Å². The number of nitrogens with zero attached hydrogens (tertiary/aromatic N) is 1. The maximum atomic E-state index is 12.8. The van der Waals surface area contributed by atoms with E-state index in [0.29, 0.717) is 28.9 Å². The van der Waals surface area contributed by atoms with Crippen LogP contribution in [0.1, 0.15) is 21.5 Å². The zero-order valence-electron chi connectivity index (χ0n) is 15.0. The Labute approximate surface area is 162 Å². The molecule has 0 aliphatic carbocycles. The molecule has 0 bridgehead atoms. The zero-order chi connectivity index (χ0) is 19.9. The molecular weight excluding hydrogens is 352 g/mol. The Hall–Kier alpha value is -4.11. The van der Waals surface area contributed by atoms with Crippen molar-refractivity contribution in [3.05, 3.63) is 89.5 Å². The van der Waals surface area contributed by atoms with Crippen molar-refractivity contribution < 1.29 is 9.59 Å². The molecule has 0 heterocycles. The van der Waals surface area contributed by atoms with Crippen LogP contribution in [-0.4, -0.2) is 11.9 Å². The summed E-state index contributed by atoms with van der Waals surface area (Å²) in [6.07, 6.45) is 0. The van der Waals surface area contributed by atoms with Gasteiger partial charge in [0.2, 0.25) is 0 Å². The van der Waals surface area contributed by atoms with Gasteiger partial charge < -0.3 is 16.4 Å². The summed E-state index contributed by atoms with van der Waals surface area (Å²) in [5, 5.41) is 14.7. The monoisotopic (exact) mass is 370 g/mol. The van der Waals surface area contributed by atoms with E-state index >= 15 is 0 Å². The Morgan fingerprint density at radius 2 is 1.54 bits per heavy atom. The van der Waals surface area contributed by atoms with E-state index in [1.165, 1.54) is 0 Å². The molecule has 3 aromatic carbocycles. The molecule has 0 radical (unpaired) electrons. The maximum absolute atomic E-state index is 12.8. The molecule has 28 heavy (non-hydrogen) atoms. The van der Waals surface area contributed by atoms with E-state index in [9.17, 15) is 14.9 Å². The number of amides is 3. The first-order chi connectivity index (χ1) is 13.6. The van der Waals surface area contributed by atoms with Gasteiger partial charge in [-0.2, -0.15) is 5.26 Å². The highest BCUT2D eigenvalue weighted by atomic mass is 16.2. The van der Waals surface area contributed by atoms with Crippen LogP contribution in [0.5, 0.6) is 0 Å². The molecule has 0 saturated carbocycles. The first-order valence-corrected chi connectivity index (χ1v) is 8.60. The Morgan fingerprint density at radius 3 is 2.21 bits per heavy atom. The van der Waals surface area contributed by atoms with Gasteiger partial charge in [-0.1, -0.05) is 48.5 Å². The first-order valence-electron chi connectivity index (χ1n) is 8.60. The number of nitriles is 1. The molecule has 0 unspecified atom stereocenters. The number of carbonyl (C=O) groups is 2. The molecule has 0 saturated heterocycles. The van der Waals surface area contributed by atoms with Crippen LogP contribution in [0.25, 0.3) is 11.1 Å². The molecule has 0 aliphatic heterocycles. The molecular formula is C22H18N4O2. The van der Waals surface area contributed by atoms with Crippen LogP contribution in [-0.2, 0) is 6.54 Å². The van der Waals surface area contributed by atoms with Gasteiger partial charge in [-0.3, -0.25) is 4.79 Å². The van der Waals surface area contributed by atoms with E-state index in [-0.39, 0.29) is 5.91 Å². The molecule has 138 valence electrons. The third kappa shape index (κ3) is 4.34. The minimum Gasteiger partial charge on any atom is -0.351 e. The largest absolute Gasteiger partial charge is 0.351 e. The maximum Gasteiger partial charge on any atom is 0.316 e. The minimum atomic E-state index is -0.629. The Balaban J connectivity index is 1.77. The van der Waals surface area contributed by atoms with Gasteiger partial charge >= 0.3 is 6.03 Å².